The van der Waals surface area contributed by atoms with E-state index >= 15 is 0 Å². The summed E-state index contributed by atoms with van der Waals surface area (Å²) in [6, 6.07) is 36.9. The quantitative estimate of drug-likeness (QED) is 0.201. The Balaban J connectivity index is 1.26. The number of hydrogen-bond donors (Lipinski definition) is 0. The molecule has 0 N–H and O–H groups in total. The second kappa shape index (κ2) is 10.3. The zero-order valence-corrected chi connectivity index (χ0v) is 23.8. The van der Waals surface area contributed by atoms with Crippen molar-refractivity contribution in [2.45, 2.75) is 0 Å². The molecule has 9 rings (SSSR count). The van der Waals surface area contributed by atoms with Gasteiger partial charge in [0.2, 0.25) is 0 Å². The summed E-state index contributed by atoms with van der Waals surface area (Å²) in [7, 11) is 0. The normalized spacial score (nSPS) is 13.7. The predicted molar refractivity (Wildman–Crippen MR) is 187 cm³/mol. The maximum absolute atomic E-state index is 9.19. The monoisotopic (exact) mass is 584 g/mol. The zero-order valence-electron chi connectivity index (χ0n) is 30.8. The van der Waals surface area contributed by atoms with Crippen LogP contribution in [0.15, 0.2) is 172 Å². The van der Waals surface area contributed by atoms with Crippen molar-refractivity contribution >= 4 is 60.9 Å². The number of benzene rings is 7. The summed E-state index contributed by atoms with van der Waals surface area (Å²) >= 11 is 0. The number of hydrogen-bond acceptors (Lipinski definition) is 3. The first-order valence-corrected chi connectivity index (χ1v) is 14.6. The Morgan fingerprint density at radius 1 is 0.444 bits per heavy atom. The fourth-order valence-corrected chi connectivity index (χ4v) is 6.16. The lowest BCUT2D eigenvalue weighted by atomic mass is 9.97. The molecule has 7 aromatic carbocycles. The molecule has 0 unspecified atom stereocenters. The molecule has 45 heavy (non-hydrogen) atoms. The molecular weight excluding hydrogens is 550 g/mol. The van der Waals surface area contributed by atoms with Crippen molar-refractivity contribution in [2.24, 2.45) is 0 Å². The average molecular weight is 585 g/mol. The predicted octanol–water partition coefficient (Wildman–Crippen LogP) is 12.3. The number of rotatable bonds is 5. The third-order valence-corrected chi connectivity index (χ3v) is 8.20. The highest BCUT2D eigenvalue weighted by Gasteiger charge is 2.20. The van der Waals surface area contributed by atoms with E-state index in [9.17, 15) is 1.37 Å². The first-order chi connectivity index (χ1) is 25.2. The molecule has 2 heterocycles. The number of anilines is 3. The highest BCUT2D eigenvalue weighted by Crippen LogP contribution is 2.44. The molecule has 0 atom stereocenters. The van der Waals surface area contributed by atoms with Gasteiger partial charge in [-0.1, -0.05) is 103 Å². The van der Waals surface area contributed by atoms with Crippen LogP contribution in [0.25, 0.3) is 66.1 Å². The van der Waals surface area contributed by atoms with Gasteiger partial charge in [-0.3, -0.25) is 0 Å². The van der Waals surface area contributed by atoms with E-state index in [4.69, 9.17) is 17.1 Å². The van der Waals surface area contributed by atoms with E-state index in [1.165, 1.54) is 0 Å². The fraction of sp³-hybridized carbons (Fsp3) is 0. The van der Waals surface area contributed by atoms with Crippen LogP contribution in [0.4, 0.5) is 17.1 Å². The number of para-hydroxylation sites is 2. The van der Waals surface area contributed by atoms with E-state index < -0.39 is 12.1 Å². The molecule has 0 fully saturated rings. The van der Waals surface area contributed by atoms with Gasteiger partial charge in [0.15, 0.2) is 0 Å². The summed E-state index contributed by atoms with van der Waals surface area (Å²) in [6.45, 7) is 0. The van der Waals surface area contributed by atoms with Gasteiger partial charge >= 0.3 is 0 Å². The Morgan fingerprint density at radius 3 is 2.00 bits per heavy atom. The second-order valence-corrected chi connectivity index (χ2v) is 10.8. The van der Waals surface area contributed by atoms with E-state index in [-0.39, 0.29) is 57.8 Å². The largest absolute Gasteiger partial charge is 0.456 e. The summed E-state index contributed by atoms with van der Waals surface area (Å²) in [5, 5.41) is 2.22. The number of furan rings is 2. The average Bonchev–Trinajstić information content (AvgIpc) is 3.77. The highest BCUT2D eigenvalue weighted by molar-refractivity contribution is 6.14. The molecule has 0 aliphatic rings. The first kappa shape index (κ1) is 19.3. The molecule has 0 aliphatic heterocycles. The second-order valence-electron chi connectivity index (χ2n) is 10.8. The molecule has 212 valence electrons. The van der Waals surface area contributed by atoms with E-state index in [0.29, 0.717) is 11.4 Å². The zero-order chi connectivity index (χ0) is 35.8. The van der Waals surface area contributed by atoms with E-state index in [1.54, 1.807) is 4.90 Å². The minimum absolute atomic E-state index is 0.0592. The molecule has 0 saturated heterocycles. The van der Waals surface area contributed by atoms with Crippen LogP contribution in [0.3, 0.4) is 0 Å². The molecule has 2 aromatic heterocycles. The summed E-state index contributed by atoms with van der Waals surface area (Å²) in [5.41, 5.74) is 6.91. The van der Waals surface area contributed by atoms with Gasteiger partial charge < -0.3 is 13.7 Å². The molecule has 0 spiro atoms. The van der Waals surface area contributed by atoms with Gasteiger partial charge in [-0.25, -0.2) is 0 Å². The molecule has 0 radical (unpaired) electrons. The van der Waals surface area contributed by atoms with Crippen LogP contribution in [-0.2, 0) is 0 Å². The smallest absolute Gasteiger partial charge is 0.137 e. The van der Waals surface area contributed by atoms with Crippen LogP contribution >= 0.6 is 0 Å². The Hall–Kier alpha value is -6.06. The van der Waals surface area contributed by atoms with Crippen molar-refractivity contribution in [2.75, 3.05) is 4.90 Å². The van der Waals surface area contributed by atoms with Crippen molar-refractivity contribution in [3.63, 3.8) is 0 Å². The van der Waals surface area contributed by atoms with Crippen molar-refractivity contribution in [1.29, 1.82) is 0 Å². The minimum atomic E-state index is -0.464. The molecule has 3 heteroatoms. The van der Waals surface area contributed by atoms with Gasteiger partial charge in [-0.2, -0.15) is 0 Å². The molecular formula is C42H27NO2. The van der Waals surface area contributed by atoms with Crippen LogP contribution in [0, 0.1) is 0 Å². The lowest BCUT2D eigenvalue weighted by Crippen LogP contribution is -2.10. The molecule has 0 amide bonds. The van der Waals surface area contributed by atoms with Gasteiger partial charge in [0.1, 0.15) is 22.3 Å². The molecule has 0 saturated carbocycles. The highest BCUT2D eigenvalue weighted by atomic mass is 16.3. The van der Waals surface area contributed by atoms with Crippen LogP contribution in [0.1, 0.15) is 9.60 Å². The maximum Gasteiger partial charge on any atom is 0.137 e. The topological polar surface area (TPSA) is 29.5 Å². The van der Waals surface area contributed by atoms with Crippen LogP contribution < -0.4 is 4.90 Å². The summed E-state index contributed by atoms with van der Waals surface area (Å²) in [6.07, 6.45) is 0. The van der Waals surface area contributed by atoms with Crippen LogP contribution in [0.5, 0.6) is 0 Å². The Kier molecular flexibility index (Phi) is 4.40. The maximum atomic E-state index is 9.19. The van der Waals surface area contributed by atoms with E-state index in [2.05, 4.69) is 30.3 Å². The lowest BCUT2D eigenvalue weighted by Gasteiger charge is -2.26. The molecule has 0 aliphatic carbocycles. The Morgan fingerprint density at radius 2 is 1.16 bits per heavy atom. The fourth-order valence-electron chi connectivity index (χ4n) is 6.16. The Bertz CT molecular complexity index is 2870. The molecule has 0 bridgehead atoms. The van der Waals surface area contributed by atoms with Gasteiger partial charge in [-0.05, 0) is 82.8 Å². The first-order valence-electron chi connectivity index (χ1n) is 18.1. The molecule has 3 nitrogen and oxygen atoms in total. The van der Waals surface area contributed by atoms with E-state index in [1.807, 2.05) is 91.0 Å². The summed E-state index contributed by atoms with van der Waals surface area (Å²) in [5.74, 6) is 0. The summed E-state index contributed by atoms with van der Waals surface area (Å²) in [4.78, 5) is 1.78. The van der Waals surface area contributed by atoms with Gasteiger partial charge in [0.25, 0.3) is 0 Å². The number of nitrogens with zero attached hydrogens (tertiary/aromatic N) is 1. The van der Waals surface area contributed by atoms with Gasteiger partial charge in [-0.15, -0.1) is 0 Å². The SMILES string of the molecule is [2H]c1c([2H])c([2H])c2c(oc3c([2H])c([2H])c([2H])c(N(c4ccccc4)c4ccc(-c5cccc6oc7ccc(-c8ccccc8)cc7c56)cc4)c32)c1[2H]. The third-order valence-electron chi connectivity index (χ3n) is 8.20. The number of fused-ring (bicyclic) bond motifs is 6. The van der Waals surface area contributed by atoms with Crippen LogP contribution in [-0.4, -0.2) is 0 Å². The van der Waals surface area contributed by atoms with E-state index in [0.717, 1.165) is 44.2 Å². The third kappa shape index (κ3) is 4.21. The molecule has 9 aromatic rings. The Labute approximate surface area is 270 Å². The van der Waals surface area contributed by atoms with Gasteiger partial charge in [0, 0.05) is 27.5 Å². The van der Waals surface area contributed by atoms with Crippen molar-refractivity contribution in [1.82, 2.24) is 0 Å². The van der Waals surface area contributed by atoms with Gasteiger partial charge in [0.05, 0.1) is 20.7 Å². The van der Waals surface area contributed by atoms with Crippen molar-refractivity contribution in [3.05, 3.63) is 164 Å². The summed E-state index contributed by atoms with van der Waals surface area (Å²) < 4.78 is 72.9. The van der Waals surface area contributed by atoms with Crippen molar-refractivity contribution < 1.29 is 18.4 Å². The standard InChI is InChI=1S/C42H27NO2/c1-3-11-28(12-4-1)30-23-26-38-35(27-30)41-33(16-9-19-39(41)45-38)29-21-24-32(25-22-29)43(31-13-5-2-6-14-31)36-17-10-20-40-42(36)34-15-7-8-18-37(34)44-40/h1-27H/i7D,8D,10D,15D,17D,18D,20D. The minimum Gasteiger partial charge on any atom is -0.456 e. The van der Waals surface area contributed by atoms with Crippen molar-refractivity contribution in [3.8, 4) is 22.3 Å². The van der Waals surface area contributed by atoms with Crippen LogP contribution in [0.2, 0.25) is 0 Å². The lowest BCUT2D eigenvalue weighted by molar-refractivity contribution is 0.668.